The zero-order chi connectivity index (χ0) is 21.4. The molecule has 2 aromatic carbocycles. The standard InChI is InChI=1S/C17H13F3N4O4S/c1-9(15(25)21-10-6-7-12-13(8-10)23-16(26)22-12)24-29(27,28)14-5-3-2-4-11(14)17(18,19)20/h2-9,24H,1H3,(H,21,25)/t9-/m0/s1. The maximum atomic E-state index is 13.1. The average Bonchev–Trinajstić information content (AvgIpc) is 3.00. The lowest BCUT2D eigenvalue weighted by Crippen LogP contribution is -2.42. The number of rotatable bonds is 5. The van der Waals surface area contributed by atoms with Crippen LogP contribution in [0.3, 0.4) is 0 Å². The van der Waals surface area contributed by atoms with Crippen molar-refractivity contribution in [2.45, 2.75) is 24.0 Å². The largest absolute Gasteiger partial charge is 0.417 e. The minimum atomic E-state index is -4.88. The van der Waals surface area contributed by atoms with Crippen LogP contribution in [0.2, 0.25) is 0 Å². The molecule has 1 aliphatic rings. The molecule has 0 radical (unpaired) electrons. The summed E-state index contributed by atoms with van der Waals surface area (Å²) in [6, 6.07) is 5.80. The van der Waals surface area contributed by atoms with Gasteiger partial charge in [-0.3, -0.25) is 4.79 Å². The summed E-state index contributed by atoms with van der Waals surface area (Å²) in [7, 11) is -4.64. The van der Waals surface area contributed by atoms with Crippen molar-refractivity contribution in [1.29, 1.82) is 0 Å². The van der Waals surface area contributed by atoms with Crippen LogP contribution in [0.15, 0.2) is 57.3 Å². The van der Waals surface area contributed by atoms with E-state index in [2.05, 4.69) is 15.3 Å². The summed E-state index contributed by atoms with van der Waals surface area (Å²) in [6.45, 7) is 1.18. The first-order valence-corrected chi connectivity index (χ1v) is 9.56. The zero-order valence-corrected chi connectivity index (χ0v) is 15.5. The predicted molar refractivity (Wildman–Crippen MR) is 94.0 cm³/mol. The van der Waals surface area contributed by atoms with Gasteiger partial charge in [-0.2, -0.15) is 27.9 Å². The predicted octanol–water partition coefficient (Wildman–Crippen LogP) is 1.38. The molecule has 2 aromatic rings. The number of halogens is 3. The summed E-state index contributed by atoms with van der Waals surface area (Å²) < 4.78 is 66.0. The maximum absolute atomic E-state index is 13.1. The molecule has 2 N–H and O–H groups in total. The molecule has 0 unspecified atom stereocenters. The van der Waals surface area contributed by atoms with Gasteiger partial charge in [0, 0.05) is 5.69 Å². The highest BCUT2D eigenvalue weighted by Crippen LogP contribution is 2.33. The Kier molecular flexibility index (Phi) is 5.24. The van der Waals surface area contributed by atoms with Crippen molar-refractivity contribution >= 4 is 27.6 Å². The highest BCUT2D eigenvalue weighted by atomic mass is 32.2. The monoisotopic (exact) mass is 426 g/mol. The van der Waals surface area contributed by atoms with Crippen molar-refractivity contribution in [2.75, 3.05) is 5.32 Å². The van der Waals surface area contributed by atoms with Gasteiger partial charge < -0.3 is 5.32 Å². The Balaban J connectivity index is 1.78. The Morgan fingerprint density at radius 1 is 1.07 bits per heavy atom. The van der Waals surface area contributed by atoms with E-state index in [-0.39, 0.29) is 11.0 Å². The second kappa shape index (κ2) is 7.37. The third-order valence-electron chi connectivity index (χ3n) is 3.88. The second-order valence-corrected chi connectivity index (χ2v) is 7.72. The van der Waals surface area contributed by atoms with Gasteiger partial charge in [0.2, 0.25) is 15.9 Å². The molecule has 3 amide bonds. The van der Waals surface area contributed by atoms with E-state index < -0.39 is 44.6 Å². The van der Waals surface area contributed by atoms with E-state index in [4.69, 9.17) is 0 Å². The van der Waals surface area contributed by atoms with E-state index >= 15 is 0 Å². The van der Waals surface area contributed by atoms with E-state index in [0.29, 0.717) is 11.4 Å². The number of nitrogens with one attached hydrogen (secondary N) is 2. The van der Waals surface area contributed by atoms with Crippen molar-refractivity contribution < 1.29 is 31.2 Å². The van der Waals surface area contributed by atoms with Gasteiger partial charge in [-0.15, -0.1) is 0 Å². The third kappa shape index (κ3) is 4.49. The van der Waals surface area contributed by atoms with Gasteiger partial charge in [-0.05, 0) is 37.3 Å². The molecule has 1 heterocycles. The van der Waals surface area contributed by atoms with Crippen LogP contribution < -0.4 is 20.8 Å². The van der Waals surface area contributed by atoms with Gasteiger partial charge in [0.15, 0.2) is 0 Å². The van der Waals surface area contributed by atoms with Crippen molar-refractivity contribution in [2.24, 2.45) is 9.98 Å². The first kappa shape index (κ1) is 20.6. The number of benzene rings is 2. The van der Waals surface area contributed by atoms with Crippen LogP contribution in [0.1, 0.15) is 12.5 Å². The highest BCUT2D eigenvalue weighted by molar-refractivity contribution is 7.89. The molecular formula is C17H13F3N4O4S. The Hall–Kier alpha value is -3.12. The molecule has 152 valence electrons. The molecule has 0 saturated heterocycles. The molecule has 8 nitrogen and oxygen atoms in total. The summed E-state index contributed by atoms with van der Waals surface area (Å²) >= 11 is 0. The maximum Gasteiger partial charge on any atom is 0.417 e. The fraction of sp³-hybridized carbons (Fsp3) is 0.176. The molecule has 3 rings (SSSR count). The lowest BCUT2D eigenvalue weighted by atomic mass is 10.2. The molecule has 29 heavy (non-hydrogen) atoms. The van der Waals surface area contributed by atoms with Gasteiger partial charge >= 0.3 is 12.2 Å². The number of urea groups is 1. The van der Waals surface area contributed by atoms with Gasteiger partial charge in [0.25, 0.3) is 0 Å². The van der Waals surface area contributed by atoms with E-state index in [1.807, 2.05) is 4.72 Å². The Morgan fingerprint density at radius 2 is 1.72 bits per heavy atom. The third-order valence-corrected chi connectivity index (χ3v) is 5.48. The molecule has 0 aromatic heterocycles. The number of carbonyl (C=O) groups excluding carboxylic acids is 2. The van der Waals surface area contributed by atoms with Crippen LogP contribution in [0.25, 0.3) is 0 Å². The number of nitrogens with zero attached hydrogens (tertiary/aromatic N) is 2. The summed E-state index contributed by atoms with van der Waals surface area (Å²) in [5.74, 6) is -0.820. The molecular weight excluding hydrogens is 413 g/mol. The minimum absolute atomic E-state index is 0.212. The molecule has 0 saturated carbocycles. The lowest BCUT2D eigenvalue weighted by Gasteiger charge is -2.17. The van der Waals surface area contributed by atoms with Crippen LogP contribution in [0, 0.1) is 0 Å². The normalized spacial score (nSPS) is 14.6. The van der Waals surface area contributed by atoms with Crippen LogP contribution in [-0.2, 0) is 21.0 Å². The van der Waals surface area contributed by atoms with E-state index in [1.54, 1.807) is 0 Å². The molecule has 0 aliphatic carbocycles. The lowest BCUT2D eigenvalue weighted by molar-refractivity contribution is -0.139. The smallest absolute Gasteiger partial charge is 0.325 e. The number of hydrogen-bond donors (Lipinski definition) is 2. The average molecular weight is 426 g/mol. The number of carbonyl (C=O) groups is 2. The number of fused-ring (bicyclic) bond motifs is 1. The SMILES string of the molecule is C[C@H](NS(=O)(=O)c1ccccc1C(F)(F)F)C(=O)Nc1ccc2c(c1)=NC(=O)N=2. The van der Waals surface area contributed by atoms with Crippen LogP contribution in [0.4, 0.5) is 23.7 Å². The Bertz CT molecular complexity index is 1230. The molecule has 0 fully saturated rings. The van der Waals surface area contributed by atoms with Crippen LogP contribution in [0.5, 0.6) is 0 Å². The van der Waals surface area contributed by atoms with E-state index in [9.17, 15) is 31.2 Å². The van der Waals surface area contributed by atoms with Gasteiger partial charge in [0.1, 0.15) is 0 Å². The van der Waals surface area contributed by atoms with Crippen molar-refractivity contribution in [3.8, 4) is 0 Å². The van der Waals surface area contributed by atoms with Crippen molar-refractivity contribution in [1.82, 2.24) is 4.72 Å². The number of hydrogen-bond acceptors (Lipinski definition) is 4. The van der Waals surface area contributed by atoms with Crippen LogP contribution >= 0.6 is 0 Å². The minimum Gasteiger partial charge on any atom is -0.325 e. The van der Waals surface area contributed by atoms with E-state index in [1.165, 1.54) is 25.1 Å². The highest BCUT2D eigenvalue weighted by Gasteiger charge is 2.37. The Morgan fingerprint density at radius 3 is 2.41 bits per heavy atom. The summed E-state index contributed by atoms with van der Waals surface area (Å²) in [5.41, 5.74) is -1.13. The fourth-order valence-corrected chi connectivity index (χ4v) is 3.98. The van der Waals surface area contributed by atoms with Gasteiger partial charge in [-0.25, -0.2) is 13.2 Å². The zero-order valence-electron chi connectivity index (χ0n) is 14.7. The number of amides is 3. The van der Waals surface area contributed by atoms with Crippen LogP contribution in [-0.4, -0.2) is 26.4 Å². The van der Waals surface area contributed by atoms with Crippen molar-refractivity contribution in [3.05, 3.63) is 58.7 Å². The molecule has 12 heteroatoms. The summed E-state index contributed by atoms with van der Waals surface area (Å²) in [5, 5.41) is 2.96. The second-order valence-electron chi connectivity index (χ2n) is 6.04. The quantitative estimate of drug-likeness (QED) is 0.751. The fourth-order valence-electron chi connectivity index (χ4n) is 2.55. The van der Waals surface area contributed by atoms with Gasteiger partial charge in [0.05, 0.1) is 27.2 Å². The topological polar surface area (TPSA) is 117 Å². The molecule has 1 atom stereocenters. The number of sulfonamides is 1. The first-order valence-electron chi connectivity index (χ1n) is 8.08. The molecule has 0 bridgehead atoms. The van der Waals surface area contributed by atoms with Gasteiger partial charge in [-0.1, -0.05) is 12.1 Å². The summed E-state index contributed by atoms with van der Waals surface area (Å²) in [6.07, 6.45) is -4.88. The molecule has 1 aliphatic heterocycles. The first-order chi connectivity index (χ1) is 13.5. The number of alkyl halides is 3. The van der Waals surface area contributed by atoms with E-state index in [0.717, 1.165) is 18.2 Å². The van der Waals surface area contributed by atoms with Crippen molar-refractivity contribution in [3.63, 3.8) is 0 Å². The summed E-state index contributed by atoms with van der Waals surface area (Å²) in [4.78, 5) is 29.7. The molecule has 0 spiro atoms. The Labute approximate surface area is 162 Å². The number of anilines is 1.